The molecule has 2 aliphatic heterocycles. The Bertz CT molecular complexity index is 1230. The van der Waals surface area contributed by atoms with Crippen molar-refractivity contribution in [3.8, 4) is 0 Å². The van der Waals surface area contributed by atoms with Gasteiger partial charge >= 0.3 is 0 Å². The maximum absolute atomic E-state index is 13.0. The van der Waals surface area contributed by atoms with Gasteiger partial charge in [-0.2, -0.15) is 0 Å². The van der Waals surface area contributed by atoms with Crippen LogP contribution in [-0.4, -0.2) is 38.9 Å². The SMILES string of the molecule is O=C(CN1c2cccc3cccc(c23)S1(=O)=O)NCc1ccc(N2CCCCC2)nc1. The van der Waals surface area contributed by atoms with Gasteiger partial charge in [0.05, 0.1) is 10.6 Å². The highest BCUT2D eigenvalue weighted by Crippen LogP contribution is 2.41. The first-order chi connectivity index (χ1) is 15.0. The van der Waals surface area contributed by atoms with E-state index in [4.69, 9.17) is 0 Å². The topological polar surface area (TPSA) is 82.6 Å². The molecule has 8 heteroatoms. The number of benzene rings is 2. The maximum atomic E-state index is 13.0. The Morgan fingerprint density at radius 3 is 2.52 bits per heavy atom. The fraction of sp³-hybridized carbons (Fsp3) is 0.304. The molecular formula is C23H24N4O3S. The monoisotopic (exact) mass is 436 g/mol. The highest BCUT2D eigenvalue weighted by molar-refractivity contribution is 7.93. The number of hydrogen-bond donors (Lipinski definition) is 1. The summed E-state index contributed by atoms with van der Waals surface area (Å²) < 4.78 is 27.2. The molecule has 1 saturated heterocycles. The van der Waals surface area contributed by atoms with Gasteiger partial charge in [-0.1, -0.05) is 30.3 Å². The van der Waals surface area contributed by atoms with Crippen LogP contribution in [0.4, 0.5) is 11.5 Å². The summed E-state index contributed by atoms with van der Waals surface area (Å²) in [6, 6.07) is 14.6. The summed E-state index contributed by atoms with van der Waals surface area (Å²) >= 11 is 0. The van der Waals surface area contributed by atoms with Crippen LogP contribution in [0.1, 0.15) is 24.8 Å². The molecule has 5 rings (SSSR count). The molecule has 0 aliphatic carbocycles. The Labute approximate surface area is 181 Å². The fourth-order valence-corrected chi connectivity index (χ4v) is 6.01. The molecule has 3 heterocycles. The first kappa shape index (κ1) is 19.8. The lowest BCUT2D eigenvalue weighted by molar-refractivity contribution is -0.119. The van der Waals surface area contributed by atoms with Gasteiger partial charge in [0.15, 0.2) is 0 Å². The number of nitrogens with one attached hydrogen (secondary N) is 1. The second-order valence-corrected chi connectivity index (χ2v) is 9.82. The largest absolute Gasteiger partial charge is 0.357 e. The predicted molar refractivity (Wildman–Crippen MR) is 121 cm³/mol. The minimum Gasteiger partial charge on any atom is -0.357 e. The van der Waals surface area contributed by atoms with Crippen LogP contribution >= 0.6 is 0 Å². The summed E-state index contributed by atoms with van der Waals surface area (Å²) in [7, 11) is -3.74. The number of amides is 1. The van der Waals surface area contributed by atoms with Crippen molar-refractivity contribution in [2.24, 2.45) is 0 Å². The van der Waals surface area contributed by atoms with Crippen molar-refractivity contribution in [1.82, 2.24) is 10.3 Å². The van der Waals surface area contributed by atoms with Crippen LogP contribution in [0.25, 0.3) is 10.8 Å². The van der Waals surface area contributed by atoms with Crippen molar-refractivity contribution in [2.75, 3.05) is 28.8 Å². The molecule has 31 heavy (non-hydrogen) atoms. The molecule has 2 aliphatic rings. The summed E-state index contributed by atoms with van der Waals surface area (Å²) in [6.45, 7) is 2.11. The summed E-state index contributed by atoms with van der Waals surface area (Å²) in [5.41, 5.74) is 1.43. The predicted octanol–water partition coefficient (Wildman–Crippen LogP) is 3.05. The highest BCUT2D eigenvalue weighted by atomic mass is 32.2. The van der Waals surface area contributed by atoms with E-state index in [0.29, 0.717) is 17.6 Å². The summed E-state index contributed by atoms with van der Waals surface area (Å²) in [4.78, 5) is 19.7. The van der Waals surface area contributed by atoms with E-state index < -0.39 is 10.0 Å². The van der Waals surface area contributed by atoms with Gasteiger partial charge in [-0.25, -0.2) is 13.4 Å². The average molecular weight is 437 g/mol. The van der Waals surface area contributed by atoms with E-state index in [1.165, 1.54) is 23.6 Å². The molecular weight excluding hydrogens is 412 g/mol. The van der Waals surface area contributed by atoms with E-state index >= 15 is 0 Å². The van der Waals surface area contributed by atoms with Gasteiger partial charge < -0.3 is 10.2 Å². The molecule has 1 amide bonds. The lowest BCUT2D eigenvalue weighted by atomic mass is 10.1. The van der Waals surface area contributed by atoms with Crippen LogP contribution < -0.4 is 14.5 Å². The van der Waals surface area contributed by atoms with E-state index in [2.05, 4.69) is 15.2 Å². The first-order valence-electron chi connectivity index (χ1n) is 10.5. The van der Waals surface area contributed by atoms with Crippen molar-refractivity contribution < 1.29 is 13.2 Å². The Morgan fingerprint density at radius 1 is 1.00 bits per heavy atom. The lowest BCUT2D eigenvalue weighted by Gasteiger charge is -2.27. The number of anilines is 2. The number of hydrogen-bond acceptors (Lipinski definition) is 5. The van der Waals surface area contributed by atoms with Gasteiger partial charge in [-0.15, -0.1) is 0 Å². The molecule has 0 radical (unpaired) electrons. The zero-order valence-corrected chi connectivity index (χ0v) is 17.9. The minimum absolute atomic E-state index is 0.255. The maximum Gasteiger partial charge on any atom is 0.265 e. The van der Waals surface area contributed by atoms with Crippen LogP contribution in [0, 0.1) is 0 Å². The molecule has 7 nitrogen and oxygen atoms in total. The van der Waals surface area contributed by atoms with Gasteiger partial charge in [0.1, 0.15) is 12.4 Å². The number of rotatable bonds is 5. The number of sulfonamides is 1. The smallest absolute Gasteiger partial charge is 0.265 e. The molecule has 0 atom stereocenters. The normalized spacial score (nSPS) is 17.2. The molecule has 0 spiro atoms. The molecule has 0 saturated carbocycles. The summed E-state index contributed by atoms with van der Waals surface area (Å²) in [5, 5.41) is 4.35. The van der Waals surface area contributed by atoms with Gasteiger partial charge in [0.2, 0.25) is 5.91 Å². The molecule has 3 aromatic rings. The quantitative estimate of drug-likeness (QED) is 0.665. The van der Waals surface area contributed by atoms with Crippen molar-refractivity contribution in [3.05, 3.63) is 60.3 Å². The van der Waals surface area contributed by atoms with Crippen LogP contribution in [0.5, 0.6) is 0 Å². The number of carbonyl (C=O) groups excluding carboxylic acids is 1. The second-order valence-electron chi connectivity index (χ2n) is 7.99. The van der Waals surface area contributed by atoms with Crippen LogP contribution in [0.2, 0.25) is 0 Å². The fourth-order valence-electron chi connectivity index (χ4n) is 4.35. The van der Waals surface area contributed by atoms with E-state index in [9.17, 15) is 13.2 Å². The molecule has 2 aromatic carbocycles. The third-order valence-corrected chi connectivity index (χ3v) is 7.75. The summed E-state index contributed by atoms with van der Waals surface area (Å²) in [6.07, 6.45) is 5.42. The van der Waals surface area contributed by atoms with Gasteiger partial charge in [-0.3, -0.25) is 9.10 Å². The highest BCUT2D eigenvalue weighted by Gasteiger charge is 2.36. The van der Waals surface area contributed by atoms with E-state index in [1.807, 2.05) is 30.3 Å². The van der Waals surface area contributed by atoms with Crippen molar-refractivity contribution in [3.63, 3.8) is 0 Å². The van der Waals surface area contributed by atoms with E-state index in [-0.39, 0.29) is 17.3 Å². The number of nitrogens with zero attached hydrogens (tertiary/aromatic N) is 3. The van der Waals surface area contributed by atoms with Crippen LogP contribution in [0.3, 0.4) is 0 Å². The van der Waals surface area contributed by atoms with Crippen LogP contribution in [0.15, 0.2) is 59.6 Å². The minimum atomic E-state index is -3.74. The summed E-state index contributed by atoms with van der Waals surface area (Å²) in [5.74, 6) is 0.609. The number of carbonyl (C=O) groups is 1. The van der Waals surface area contributed by atoms with E-state index in [1.54, 1.807) is 24.4 Å². The van der Waals surface area contributed by atoms with Crippen LogP contribution in [-0.2, 0) is 21.4 Å². The second kappa shape index (κ2) is 7.85. The average Bonchev–Trinajstić information content (AvgIpc) is 3.02. The number of piperidine rings is 1. The van der Waals surface area contributed by atoms with E-state index in [0.717, 1.165) is 29.9 Å². The molecule has 1 fully saturated rings. The zero-order valence-electron chi connectivity index (χ0n) is 17.1. The first-order valence-corrected chi connectivity index (χ1v) is 12.0. The number of pyridine rings is 1. The lowest BCUT2D eigenvalue weighted by Crippen LogP contribution is -2.38. The Kier molecular flexibility index (Phi) is 5.02. The zero-order chi connectivity index (χ0) is 21.4. The number of aromatic nitrogens is 1. The molecule has 160 valence electrons. The Hall–Kier alpha value is -3.13. The van der Waals surface area contributed by atoms with Crippen molar-refractivity contribution in [2.45, 2.75) is 30.7 Å². The third kappa shape index (κ3) is 3.61. The molecule has 1 N–H and O–H groups in total. The van der Waals surface area contributed by atoms with Gasteiger partial charge in [0.25, 0.3) is 10.0 Å². The van der Waals surface area contributed by atoms with Crippen molar-refractivity contribution >= 4 is 38.2 Å². The Morgan fingerprint density at radius 2 is 1.77 bits per heavy atom. The molecule has 1 aromatic heterocycles. The van der Waals surface area contributed by atoms with Crippen molar-refractivity contribution in [1.29, 1.82) is 0 Å². The third-order valence-electron chi connectivity index (χ3n) is 5.95. The Balaban J connectivity index is 1.26. The van der Waals surface area contributed by atoms with Gasteiger partial charge in [-0.05, 0) is 48.4 Å². The van der Waals surface area contributed by atoms with Gasteiger partial charge in [0, 0.05) is 31.2 Å². The molecule has 0 unspecified atom stereocenters. The molecule has 0 bridgehead atoms. The standard InChI is InChI=1S/C23H24N4O3S/c28-22(25-15-17-10-11-21(24-14-17)26-12-2-1-3-13-26)16-27-19-8-4-6-18-7-5-9-20(23(18)19)31(27,29)30/h4-11,14H,1-3,12-13,15-16H2,(H,25,28).